The average molecular weight is 773 g/mol. The third kappa shape index (κ3) is 5.25. The van der Waals surface area contributed by atoms with Crippen LogP contribution in [0.4, 0.5) is 0 Å². The summed E-state index contributed by atoms with van der Waals surface area (Å²) in [4.78, 5) is 15.3. The smallest absolute Gasteiger partial charge is 0.164 e. The van der Waals surface area contributed by atoms with Crippen LogP contribution in [0.3, 0.4) is 0 Å². The molecule has 5 heteroatoms. The van der Waals surface area contributed by atoms with Gasteiger partial charge in [-0.25, -0.2) is 15.0 Å². The monoisotopic (exact) mass is 772 g/mol. The van der Waals surface area contributed by atoms with Gasteiger partial charge in [0.15, 0.2) is 17.5 Å². The van der Waals surface area contributed by atoms with Crippen LogP contribution in [-0.4, -0.2) is 19.5 Å². The van der Waals surface area contributed by atoms with Crippen molar-refractivity contribution in [2.24, 2.45) is 0 Å². The Morgan fingerprint density at radius 2 is 0.983 bits per heavy atom. The first-order valence-corrected chi connectivity index (χ1v) is 20.9. The molecule has 8 aromatic carbocycles. The Bertz CT molecular complexity index is 3410. The second-order valence-electron chi connectivity index (χ2n) is 16.0. The third-order valence-corrected chi connectivity index (χ3v) is 13.4. The first-order valence-electron chi connectivity index (χ1n) is 20.1. The van der Waals surface area contributed by atoms with Gasteiger partial charge < -0.3 is 4.57 Å². The summed E-state index contributed by atoms with van der Waals surface area (Å²) in [6.45, 7) is 4.70. The summed E-state index contributed by atoms with van der Waals surface area (Å²) >= 11 is 1.81. The van der Waals surface area contributed by atoms with Crippen molar-refractivity contribution in [2.45, 2.75) is 19.3 Å². The standard InChI is InChI=1S/C54H36N4S/c1-54(2)43-22-12-9-19-38(43)39-27-25-36(30-44(39)54)35-26-28-46-42(29-35)40-20-10-13-23-45(40)58(46)47-31-37(32-49-50(47)41-21-11-14-24-48(41)59-49)53-56-51(33-15-5-3-6-16-33)55-52(57-53)34-17-7-4-8-18-34/h3-32H,1-2H3. The molecule has 0 saturated heterocycles. The Morgan fingerprint density at radius 3 is 1.75 bits per heavy atom. The van der Waals surface area contributed by atoms with Crippen molar-refractivity contribution in [3.63, 3.8) is 0 Å². The number of hydrogen-bond donors (Lipinski definition) is 0. The third-order valence-electron chi connectivity index (χ3n) is 12.2. The number of hydrogen-bond acceptors (Lipinski definition) is 4. The van der Waals surface area contributed by atoms with E-state index in [1.54, 1.807) is 0 Å². The molecular weight excluding hydrogens is 737 g/mol. The molecule has 59 heavy (non-hydrogen) atoms. The lowest BCUT2D eigenvalue weighted by molar-refractivity contribution is 0.660. The first-order chi connectivity index (χ1) is 29.0. The second-order valence-corrected chi connectivity index (χ2v) is 17.1. The Balaban J connectivity index is 1.09. The number of nitrogens with zero attached hydrogens (tertiary/aromatic N) is 4. The molecular formula is C54H36N4S. The van der Waals surface area contributed by atoms with Gasteiger partial charge in [0.2, 0.25) is 0 Å². The van der Waals surface area contributed by atoms with E-state index in [-0.39, 0.29) is 5.41 Å². The molecule has 12 rings (SSSR count). The van der Waals surface area contributed by atoms with Gasteiger partial charge in [0.1, 0.15) is 0 Å². The lowest BCUT2D eigenvalue weighted by atomic mass is 9.81. The summed E-state index contributed by atoms with van der Waals surface area (Å²) < 4.78 is 4.89. The summed E-state index contributed by atoms with van der Waals surface area (Å²) in [7, 11) is 0. The molecule has 0 amide bonds. The van der Waals surface area contributed by atoms with Crippen LogP contribution in [0, 0.1) is 0 Å². The minimum Gasteiger partial charge on any atom is -0.309 e. The molecule has 278 valence electrons. The highest BCUT2D eigenvalue weighted by Crippen LogP contribution is 2.50. The van der Waals surface area contributed by atoms with Gasteiger partial charge in [0.25, 0.3) is 0 Å². The molecule has 4 nitrogen and oxygen atoms in total. The fraction of sp³-hybridized carbons (Fsp3) is 0.0556. The summed E-state index contributed by atoms with van der Waals surface area (Å²) in [6, 6.07) is 65.4. The number of aromatic nitrogens is 4. The molecule has 0 unspecified atom stereocenters. The fourth-order valence-corrected chi connectivity index (χ4v) is 10.5. The lowest BCUT2D eigenvalue weighted by Gasteiger charge is -2.22. The van der Waals surface area contributed by atoms with Crippen molar-refractivity contribution >= 4 is 53.3 Å². The molecule has 0 bridgehead atoms. The number of fused-ring (bicyclic) bond motifs is 9. The van der Waals surface area contributed by atoms with Crippen molar-refractivity contribution in [1.82, 2.24) is 19.5 Å². The topological polar surface area (TPSA) is 43.6 Å². The van der Waals surface area contributed by atoms with Crippen molar-refractivity contribution in [3.8, 4) is 62.1 Å². The predicted octanol–water partition coefficient (Wildman–Crippen LogP) is 14.3. The van der Waals surface area contributed by atoms with Crippen LogP contribution >= 0.6 is 11.3 Å². The van der Waals surface area contributed by atoms with Crippen LogP contribution in [0.1, 0.15) is 25.0 Å². The van der Waals surface area contributed by atoms with Crippen molar-refractivity contribution in [2.75, 3.05) is 0 Å². The molecule has 1 aliphatic rings. The number of thiophene rings is 1. The largest absolute Gasteiger partial charge is 0.309 e. The highest BCUT2D eigenvalue weighted by Gasteiger charge is 2.35. The second kappa shape index (κ2) is 12.9. The number of para-hydroxylation sites is 1. The van der Waals surface area contributed by atoms with E-state index < -0.39 is 0 Å². The zero-order valence-corrected chi connectivity index (χ0v) is 33.3. The van der Waals surface area contributed by atoms with E-state index in [0.717, 1.165) is 33.4 Å². The Kier molecular flexibility index (Phi) is 7.41. The summed E-state index contributed by atoms with van der Waals surface area (Å²) in [5.74, 6) is 1.94. The highest BCUT2D eigenvalue weighted by atomic mass is 32.1. The molecule has 0 N–H and O–H groups in total. The van der Waals surface area contributed by atoms with Crippen LogP contribution in [0.2, 0.25) is 0 Å². The number of benzene rings is 8. The normalized spacial score (nSPS) is 13.1. The van der Waals surface area contributed by atoms with Gasteiger partial charge in [-0.2, -0.15) is 0 Å². The van der Waals surface area contributed by atoms with Crippen molar-refractivity contribution in [3.05, 3.63) is 193 Å². The summed E-state index contributed by atoms with van der Waals surface area (Å²) in [5.41, 5.74) is 14.1. The molecule has 0 aliphatic heterocycles. The van der Waals surface area contributed by atoms with E-state index >= 15 is 0 Å². The zero-order chi connectivity index (χ0) is 39.2. The fourth-order valence-electron chi connectivity index (χ4n) is 9.37. The van der Waals surface area contributed by atoms with Gasteiger partial charge in [-0.1, -0.05) is 153 Å². The zero-order valence-electron chi connectivity index (χ0n) is 32.5. The molecule has 0 spiro atoms. The minimum absolute atomic E-state index is 0.0655. The highest BCUT2D eigenvalue weighted by molar-refractivity contribution is 7.26. The quantitative estimate of drug-likeness (QED) is 0.175. The Labute approximate surface area is 345 Å². The van der Waals surface area contributed by atoms with E-state index in [4.69, 9.17) is 15.0 Å². The predicted molar refractivity (Wildman–Crippen MR) is 246 cm³/mol. The Morgan fingerprint density at radius 1 is 0.407 bits per heavy atom. The van der Waals surface area contributed by atoms with E-state index in [9.17, 15) is 0 Å². The van der Waals surface area contributed by atoms with Gasteiger partial charge in [0.05, 0.1) is 16.7 Å². The van der Waals surface area contributed by atoms with Crippen LogP contribution < -0.4 is 0 Å². The van der Waals surface area contributed by atoms with Gasteiger partial charge in [0, 0.05) is 53.1 Å². The maximum atomic E-state index is 5.17. The van der Waals surface area contributed by atoms with E-state index in [0.29, 0.717) is 17.5 Å². The van der Waals surface area contributed by atoms with Crippen molar-refractivity contribution in [1.29, 1.82) is 0 Å². The van der Waals surface area contributed by atoms with E-state index in [1.165, 1.54) is 64.3 Å². The molecule has 3 aromatic heterocycles. The first kappa shape index (κ1) is 33.9. The molecule has 1 aliphatic carbocycles. The van der Waals surface area contributed by atoms with Gasteiger partial charge >= 0.3 is 0 Å². The molecule has 11 aromatic rings. The average Bonchev–Trinajstić information content (AvgIpc) is 3.91. The maximum absolute atomic E-state index is 5.17. The molecule has 0 radical (unpaired) electrons. The summed E-state index contributed by atoms with van der Waals surface area (Å²) in [5, 5.41) is 4.90. The van der Waals surface area contributed by atoms with Gasteiger partial charge in [-0.15, -0.1) is 11.3 Å². The van der Waals surface area contributed by atoms with E-state index in [1.807, 2.05) is 47.7 Å². The lowest BCUT2D eigenvalue weighted by Crippen LogP contribution is -2.14. The number of rotatable bonds is 5. The minimum atomic E-state index is -0.0655. The van der Waals surface area contributed by atoms with E-state index in [2.05, 4.69) is 164 Å². The van der Waals surface area contributed by atoms with Gasteiger partial charge in [-0.05, 0) is 75.8 Å². The van der Waals surface area contributed by atoms with Crippen LogP contribution in [-0.2, 0) is 5.41 Å². The van der Waals surface area contributed by atoms with Gasteiger partial charge in [-0.3, -0.25) is 0 Å². The van der Waals surface area contributed by atoms with Crippen LogP contribution in [0.5, 0.6) is 0 Å². The van der Waals surface area contributed by atoms with Crippen molar-refractivity contribution < 1.29 is 0 Å². The summed E-state index contributed by atoms with van der Waals surface area (Å²) in [6.07, 6.45) is 0. The molecule has 0 fully saturated rings. The Hall–Kier alpha value is -7.21. The molecule has 0 atom stereocenters. The maximum Gasteiger partial charge on any atom is 0.164 e. The van der Waals surface area contributed by atoms with Crippen LogP contribution in [0.15, 0.2) is 182 Å². The molecule has 0 saturated carbocycles. The SMILES string of the molecule is CC1(C)c2ccccc2-c2ccc(-c3ccc4c(c3)c3ccccc3n4-c3cc(-c4nc(-c5ccccc5)nc(-c5ccccc5)n4)cc4sc5ccccc5c34)cc21. The van der Waals surface area contributed by atoms with Crippen LogP contribution in [0.25, 0.3) is 104 Å². The molecule has 3 heterocycles.